The quantitative estimate of drug-likeness (QED) is 0.664. The number of hydrogen-bond donors (Lipinski definition) is 1. The largest absolute Gasteiger partial charge is 0.354 e. The van der Waals surface area contributed by atoms with Gasteiger partial charge in [0.2, 0.25) is 11.8 Å². The number of nitrogens with zero attached hydrogens (tertiary/aromatic N) is 4. The van der Waals surface area contributed by atoms with Crippen LogP contribution in [0.5, 0.6) is 0 Å². The van der Waals surface area contributed by atoms with Gasteiger partial charge in [0.1, 0.15) is 6.20 Å². The van der Waals surface area contributed by atoms with Crippen LogP contribution in [0.25, 0.3) is 0 Å². The molecule has 1 aromatic heterocycles. The van der Waals surface area contributed by atoms with Crippen LogP contribution in [0.2, 0.25) is 0 Å². The molecule has 0 aromatic carbocycles. The zero-order chi connectivity index (χ0) is 15.4. The van der Waals surface area contributed by atoms with Gasteiger partial charge in [-0.1, -0.05) is 6.92 Å². The van der Waals surface area contributed by atoms with E-state index in [4.69, 9.17) is 0 Å². The average Bonchev–Trinajstić information content (AvgIpc) is 2.47. The summed E-state index contributed by atoms with van der Waals surface area (Å²) in [5.74, 6) is 1.59. The van der Waals surface area contributed by atoms with E-state index in [1.165, 1.54) is 6.20 Å². The first-order valence-corrected chi connectivity index (χ1v) is 7.51. The molecule has 1 aromatic rings. The van der Waals surface area contributed by atoms with Gasteiger partial charge in [0.25, 0.3) is 0 Å². The van der Waals surface area contributed by atoms with Gasteiger partial charge in [-0.3, -0.25) is 10.1 Å². The van der Waals surface area contributed by atoms with E-state index in [2.05, 4.69) is 22.2 Å². The normalized spacial score (nSPS) is 21.9. The van der Waals surface area contributed by atoms with Crippen LogP contribution in [0.1, 0.15) is 39.5 Å². The van der Waals surface area contributed by atoms with Crippen LogP contribution in [0, 0.1) is 16.0 Å². The molecule has 0 aliphatic heterocycles. The Morgan fingerprint density at radius 2 is 2.10 bits per heavy atom. The van der Waals surface area contributed by atoms with Crippen molar-refractivity contribution in [2.24, 2.45) is 5.92 Å². The Morgan fingerprint density at radius 3 is 2.67 bits per heavy atom. The summed E-state index contributed by atoms with van der Waals surface area (Å²) in [5.41, 5.74) is -0.0298. The molecule has 0 atom stereocenters. The summed E-state index contributed by atoms with van der Waals surface area (Å²) in [5, 5.41) is 14.2. The fourth-order valence-corrected chi connectivity index (χ4v) is 2.80. The van der Waals surface area contributed by atoms with Gasteiger partial charge in [-0.05, 0) is 38.5 Å². The second kappa shape index (κ2) is 6.69. The minimum atomic E-state index is -0.410. The zero-order valence-electron chi connectivity index (χ0n) is 12.9. The van der Waals surface area contributed by atoms with Crippen molar-refractivity contribution < 1.29 is 4.92 Å². The van der Waals surface area contributed by atoms with Crippen LogP contribution in [-0.2, 0) is 0 Å². The van der Waals surface area contributed by atoms with E-state index in [-0.39, 0.29) is 5.69 Å². The Kier molecular flexibility index (Phi) is 4.93. The summed E-state index contributed by atoms with van der Waals surface area (Å²) in [6.07, 6.45) is 5.72. The predicted octanol–water partition coefficient (Wildman–Crippen LogP) is 2.83. The highest BCUT2D eigenvalue weighted by Gasteiger charge is 2.28. The van der Waals surface area contributed by atoms with E-state index in [0.29, 0.717) is 24.4 Å². The Morgan fingerprint density at radius 1 is 1.43 bits per heavy atom. The summed E-state index contributed by atoms with van der Waals surface area (Å²) in [6, 6.07) is 0.310. The van der Waals surface area contributed by atoms with Crippen molar-refractivity contribution in [3.63, 3.8) is 0 Å². The second-order valence-corrected chi connectivity index (χ2v) is 5.71. The van der Waals surface area contributed by atoms with E-state index >= 15 is 0 Å². The molecule has 1 aliphatic rings. The van der Waals surface area contributed by atoms with Crippen molar-refractivity contribution in [3.05, 3.63) is 16.3 Å². The lowest BCUT2D eigenvalue weighted by atomic mass is 9.87. The SMILES string of the molecule is CCNc1ncc([N+](=O)[O-])c(N(C)C2CCC(C)CC2)n1. The van der Waals surface area contributed by atoms with Crippen molar-refractivity contribution in [2.45, 2.75) is 45.6 Å². The Hall–Kier alpha value is -1.92. The molecule has 0 unspecified atom stereocenters. The van der Waals surface area contributed by atoms with Crippen LogP contribution in [-0.4, -0.2) is 34.5 Å². The first kappa shape index (κ1) is 15.5. The molecule has 0 saturated heterocycles. The molecule has 7 nitrogen and oxygen atoms in total. The van der Waals surface area contributed by atoms with Crippen LogP contribution in [0.3, 0.4) is 0 Å². The lowest BCUT2D eigenvalue weighted by Gasteiger charge is -2.34. The van der Waals surface area contributed by atoms with Gasteiger partial charge < -0.3 is 10.2 Å². The maximum Gasteiger partial charge on any atom is 0.329 e. The van der Waals surface area contributed by atoms with Crippen molar-refractivity contribution in [1.29, 1.82) is 0 Å². The summed E-state index contributed by atoms with van der Waals surface area (Å²) in [6.45, 7) is 4.88. The van der Waals surface area contributed by atoms with Gasteiger partial charge in [0.15, 0.2) is 0 Å². The fourth-order valence-electron chi connectivity index (χ4n) is 2.80. The molecule has 116 valence electrons. The Bertz CT molecular complexity index is 500. The van der Waals surface area contributed by atoms with Crippen LogP contribution in [0.15, 0.2) is 6.20 Å². The number of rotatable bonds is 5. The van der Waals surface area contributed by atoms with E-state index in [1.54, 1.807) is 0 Å². The van der Waals surface area contributed by atoms with E-state index in [0.717, 1.165) is 31.6 Å². The maximum absolute atomic E-state index is 11.2. The van der Waals surface area contributed by atoms with Crippen molar-refractivity contribution >= 4 is 17.5 Å². The minimum absolute atomic E-state index is 0.0298. The van der Waals surface area contributed by atoms with Crippen molar-refractivity contribution in [1.82, 2.24) is 9.97 Å². The third-order valence-electron chi connectivity index (χ3n) is 4.15. The zero-order valence-corrected chi connectivity index (χ0v) is 12.9. The van der Waals surface area contributed by atoms with Gasteiger partial charge in [-0.25, -0.2) is 4.98 Å². The second-order valence-electron chi connectivity index (χ2n) is 5.71. The first-order valence-electron chi connectivity index (χ1n) is 7.51. The predicted molar refractivity (Wildman–Crippen MR) is 82.7 cm³/mol. The molecule has 1 fully saturated rings. The van der Waals surface area contributed by atoms with Crippen molar-refractivity contribution in [2.75, 3.05) is 23.8 Å². The molecule has 0 radical (unpaired) electrons. The topological polar surface area (TPSA) is 84.2 Å². The standard InChI is InChI=1S/C14H23N5O2/c1-4-15-14-16-9-12(19(20)21)13(17-14)18(3)11-7-5-10(2)6-8-11/h9-11H,4-8H2,1-3H3,(H,15,16,17). The third-order valence-corrected chi connectivity index (χ3v) is 4.15. The monoisotopic (exact) mass is 293 g/mol. The number of aromatic nitrogens is 2. The highest BCUT2D eigenvalue weighted by atomic mass is 16.6. The summed E-state index contributed by atoms with van der Waals surface area (Å²) in [7, 11) is 1.89. The molecule has 1 heterocycles. The van der Waals surface area contributed by atoms with Crippen LogP contribution in [0.4, 0.5) is 17.5 Å². The van der Waals surface area contributed by atoms with Crippen molar-refractivity contribution in [3.8, 4) is 0 Å². The molecule has 2 rings (SSSR count). The molecule has 7 heteroatoms. The first-order chi connectivity index (χ1) is 10.0. The molecule has 1 N–H and O–H groups in total. The summed E-state index contributed by atoms with van der Waals surface area (Å²) < 4.78 is 0. The molecule has 1 aliphatic carbocycles. The van der Waals surface area contributed by atoms with E-state index < -0.39 is 4.92 Å². The molecular formula is C14H23N5O2. The number of hydrogen-bond acceptors (Lipinski definition) is 6. The van der Waals surface area contributed by atoms with Crippen LogP contribution < -0.4 is 10.2 Å². The summed E-state index contributed by atoms with van der Waals surface area (Å²) in [4.78, 5) is 21.1. The smallest absolute Gasteiger partial charge is 0.329 e. The van der Waals surface area contributed by atoms with Gasteiger partial charge in [-0.15, -0.1) is 0 Å². The molecule has 21 heavy (non-hydrogen) atoms. The maximum atomic E-state index is 11.2. The molecule has 0 spiro atoms. The fraction of sp³-hybridized carbons (Fsp3) is 0.714. The van der Waals surface area contributed by atoms with Crippen LogP contribution >= 0.6 is 0 Å². The summed E-state index contributed by atoms with van der Waals surface area (Å²) >= 11 is 0. The van der Waals surface area contributed by atoms with Gasteiger partial charge >= 0.3 is 5.69 Å². The third kappa shape index (κ3) is 3.59. The molecular weight excluding hydrogens is 270 g/mol. The number of anilines is 2. The molecule has 0 amide bonds. The van der Waals surface area contributed by atoms with E-state index in [9.17, 15) is 10.1 Å². The number of nitrogens with one attached hydrogen (secondary N) is 1. The molecule has 1 saturated carbocycles. The highest BCUT2D eigenvalue weighted by molar-refractivity contribution is 5.59. The van der Waals surface area contributed by atoms with Gasteiger partial charge in [0, 0.05) is 19.6 Å². The lowest BCUT2D eigenvalue weighted by Crippen LogP contribution is -2.36. The van der Waals surface area contributed by atoms with E-state index in [1.807, 2.05) is 18.9 Å². The Labute approximate surface area is 124 Å². The van der Waals surface area contributed by atoms with Gasteiger partial charge in [0.05, 0.1) is 4.92 Å². The Balaban J connectivity index is 2.26. The average molecular weight is 293 g/mol. The minimum Gasteiger partial charge on any atom is -0.354 e. The highest BCUT2D eigenvalue weighted by Crippen LogP contribution is 2.32. The van der Waals surface area contributed by atoms with Gasteiger partial charge in [-0.2, -0.15) is 4.98 Å². The molecule has 0 bridgehead atoms. The number of nitro groups is 1. The lowest BCUT2D eigenvalue weighted by molar-refractivity contribution is -0.384.